The number of hydrogen-bond acceptors (Lipinski definition) is 8. The Morgan fingerprint density at radius 1 is 1.05 bits per heavy atom. The Kier molecular flexibility index (Phi) is 4.12. The van der Waals surface area contributed by atoms with Gasteiger partial charge in [0.15, 0.2) is 11.0 Å². The maximum Gasteiger partial charge on any atom is 0.257 e. The van der Waals surface area contributed by atoms with Gasteiger partial charge in [-0.05, 0) is 24.3 Å². The normalized spacial score (nSPS) is 10.8. The van der Waals surface area contributed by atoms with Crippen LogP contribution in [0.5, 0.6) is 0 Å². The topological polar surface area (TPSA) is 117 Å². The van der Waals surface area contributed by atoms with Crippen LogP contribution < -0.4 is 11.5 Å². The molecule has 2 heterocycles. The van der Waals surface area contributed by atoms with Crippen molar-refractivity contribution in [3.05, 3.63) is 41.2 Å². The Morgan fingerprint density at radius 2 is 1.73 bits per heavy atom. The summed E-state index contributed by atoms with van der Waals surface area (Å²) in [6.07, 6.45) is 0. The molecule has 0 atom stereocenters. The molecular formula is C13H11ClN6OS. The molecule has 9 heteroatoms. The number of halogens is 1. The van der Waals surface area contributed by atoms with Crippen molar-refractivity contribution in [2.75, 3.05) is 11.5 Å². The Balaban J connectivity index is 1.70. The number of anilines is 2. The third kappa shape index (κ3) is 3.46. The van der Waals surface area contributed by atoms with E-state index in [0.717, 1.165) is 5.56 Å². The summed E-state index contributed by atoms with van der Waals surface area (Å²) < 4.78 is 5.22. The van der Waals surface area contributed by atoms with Crippen LogP contribution in [0.25, 0.3) is 11.5 Å². The number of nitrogens with two attached hydrogens (primary N) is 2. The second kappa shape index (κ2) is 6.20. The Bertz CT molecular complexity index is 771. The fourth-order valence-corrected chi connectivity index (χ4v) is 2.52. The molecule has 0 aliphatic carbocycles. The summed E-state index contributed by atoms with van der Waals surface area (Å²) in [4.78, 5) is 12.5. The largest absolute Gasteiger partial charge is 0.383 e. The third-order valence-electron chi connectivity index (χ3n) is 2.63. The zero-order valence-electron chi connectivity index (χ0n) is 11.2. The first-order chi connectivity index (χ1) is 10.6. The Morgan fingerprint density at radius 3 is 2.41 bits per heavy atom. The minimum atomic E-state index is 0.324. The second-order valence-corrected chi connectivity index (χ2v) is 5.69. The molecule has 0 aliphatic rings. The standard InChI is InChI=1S/C13H11ClN6OS/c14-8-3-1-7(2-4-8)12-19-11(20-21-12)6-22-13-17-9(15)5-10(16)18-13/h1-5H,6H2,(H4,15,16,17,18). The van der Waals surface area contributed by atoms with E-state index in [9.17, 15) is 0 Å². The van der Waals surface area contributed by atoms with Gasteiger partial charge in [0.25, 0.3) is 5.89 Å². The van der Waals surface area contributed by atoms with Gasteiger partial charge >= 0.3 is 0 Å². The molecular weight excluding hydrogens is 324 g/mol. The minimum absolute atomic E-state index is 0.324. The van der Waals surface area contributed by atoms with E-state index in [0.29, 0.717) is 39.3 Å². The van der Waals surface area contributed by atoms with E-state index in [1.807, 2.05) is 12.1 Å². The fraction of sp³-hybridized carbons (Fsp3) is 0.0769. The molecule has 4 N–H and O–H groups in total. The van der Waals surface area contributed by atoms with Crippen LogP contribution in [-0.4, -0.2) is 20.1 Å². The third-order valence-corrected chi connectivity index (χ3v) is 3.73. The predicted molar refractivity (Wildman–Crippen MR) is 85.2 cm³/mol. The van der Waals surface area contributed by atoms with Crippen molar-refractivity contribution >= 4 is 35.0 Å². The summed E-state index contributed by atoms with van der Waals surface area (Å²) in [6.45, 7) is 0. The lowest BCUT2D eigenvalue weighted by Gasteiger charge is -2.00. The van der Waals surface area contributed by atoms with E-state index in [1.165, 1.54) is 17.8 Å². The molecule has 7 nitrogen and oxygen atoms in total. The molecule has 0 aliphatic heterocycles. The van der Waals surface area contributed by atoms with Crippen molar-refractivity contribution in [2.45, 2.75) is 10.9 Å². The quantitative estimate of drug-likeness (QED) is 0.552. The number of thioether (sulfide) groups is 1. The van der Waals surface area contributed by atoms with Gasteiger partial charge in [-0.15, -0.1) is 0 Å². The molecule has 0 saturated carbocycles. The van der Waals surface area contributed by atoms with Crippen LogP contribution in [-0.2, 0) is 5.75 Å². The van der Waals surface area contributed by atoms with E-state index >= 15 is 0 Å². The summed E-state index contributed by atoms with van der Waals surface area (Å²) in [7, 11) is 0. The van der Waals surface area contributed by atoms with E-state index in [-0.39, 0.29) is 0 Å². The van der Waals surface area contributed by atoms with Crippen LogP contribution in [0.4, 0.5) is 11.6 Å². The van der Waals surface area contributed by atoms with E-state index < -0.39 is 0 Å². The number of hydrogen-bond donors (Lipinski definition) is 2. The molecule has 3 aromatic rings. The number of nitrogens with zero attached hydrogens (tertiary/aromatic N) is 4. The van der Waals surface area contributed by atoms with Crippen molar-refractivity contribution < 1.29 is 4.52 Å². The number of benzene rings is 1. The lowest BCUT2D eigenvalue weighted by Crippen LogP contribution is -1.99. The van der Waals surface area contributed by atoms with Crippen LogP contribution in [0.3, 0.4) is 0 Å². The summed E-state index contributed by atoms with van der Waals surface area (Å²) in [5.41, 5.74) is 12.0. The summed E-state index contributed by atoms with van der Waals surface area (Å²) >= 11 is 7.17. The lowest BCUT2D eigenvalue weighted by molar-refractivity contribution is 0.425. The average molecular weight is 335 g/mol. The molecule has 22 heavy (non-hydrogen) atoms. The zero-order chi connectivity index (χ0) is 15.5. The maximum absolute atomic E-state index is 5.84. The van der Waals surface area contributed by atoms with Gasteiger partial charge in [0.1, 0.15) is 11.6 Å². The molecule has 0 fully saturated rings. The smallest absolute Gasteiger partial charge is 0.257 e. The molecule has 0 bridgehead atoms. The van der Waals surface area contributed by atoms with Crippen LogP contribution >= 0.6 is 23.4 Å². The summed E-state index contributed by atoms with van der Waals surface area (Å²) in [6, 6.07) is 8.65. The zero-order valence-corrected chi connectivity index (χ0v) is 12.8. The first kappa shape index (κ1) is 14.6. The van der Waals surface area contributed by atoms with E-state index in [2.05, 4.69) is 20.1 Å². The van der Waals surface area contributed by atoms with Gasteiger partial charge in [-0.25, -0.2) is 9.97 Å². The van der Waals surface area contributed by atoms with Crippen molar-refractivity contribution in [3.63, 3.8) is 0 Å². The van der Waals surface area contributed by atoms with Gasteiger partial charge in [-0.3, -0.25) is 0 Å². The average Bonchev–Trinajstić information content (AvgIpc) is 2.94. The molecule has 3 rings (SSSR count). The predicted octanol–water partition coefficient (Wildman–Crippen LogP) is 2.64. The van der Waals surface area contributed by atoms with Gasteiger partial charge < -0.3 is 16.0 Å². The Labute approximate surface area is 135 Å². The van der Waals surface area contributed by atoms with Gasteiger partial charge in [-0.2, -0.15) is 4.98 Å². The number of nitrogen functional groups attached to an aromatic ring is 2. The number of rotatable bonds is 4. The van der Waals surface area contributed by atoms with E-state index in [1.54, 1.807) is 12.1 Å². The molecule has 0 spiro atoms. The first-order valence-electron chi connectivity index (χ1n) is 6.21. The molecule has 112 valence electrons. The van der Waals surface area contributed by atoms with Gasteiger partial charge in [0.05, 0.1) is 5.75 Å². The fourth-order valence-electron chi connectivity index (χ4n) is 1.68. The van der Waals surface area contributed by atoms with Crippen LogP contribution in [0.2, 0.25) is 5.02 Å². The molecule has 0 amide bonds. The number of aromatic nitrogens is 4. The highest BCUT2D eigenvalue weighted by atomic mass is 35.5. The van der Waals surface area contributed by atoms with Crippen LogP contribution in [0.1, 0.15) is 5.82 Å². The molecule has 0 radical (unpaired) electrons. The van der Waals surface area contributed by atoms with E-state index in [4.69, 9.17) is 27.6 Å². The van der Waals surface area contributed by atoms with Crippen molar-refractivity contribution in [1.29, 1.82) is 0 Å². The molecule has 2 aromatic heterocycles. The highest BCUT2D eigenvalue weighted by Gasteiger charge is 2.10. The summed E-state index contributed by atoms with van der Waals surface area (Å²) in [5, 5.41) is 5.03. The molecule has 1 aromatic carbocycles. The highest BCUT2D eigenvalue weighted by Crippen LogP contribution is 2.23. The van der Waals surface area contributed by atoms with Crippen molar-refractivity contribution in [2.24, 2.45) is 0 Å². The van der Waals surface area contributed by atoms with Gasteiger partial charge in [-0.1, -0.05) is 28.5 Å². The summed E-state index contributed by atoms with van der Waals surface area (Å²) in [5.74, 6) is 2.05. The SMILES string of the molecule is Nc1cc(N)nc(SCc2noc(-c3ccc(Cl)cc3)n2)n1. The monoisotopic (exact) mass is 334 g/mol. The Hall–Kier alpha value is -2.32. The van der Waals surface area contributed by atoms with Crippen LogP contribution in [0, 0.1) is 0 Å². The van der Waals surface area contributed by atoms with Crippen molar-refractivity contribution in [1.82, 2.24) is 20.1 Å². The highest BCUT2D eigenvalue weighted by molar-refractivity contribution is 7.98. The maximum atomic E-state index is 5.84. The minimum Gasteiger partial charge on any atom is -0.383 e. The molecule has 0 saturated heterocycles. The first-order valence-corrected chi connectivity index (χ1v) is 7.58. The van der Waals surface area contributed by atoms with Gasteiger partial charge in [0, 0.05) is 16.7 Å². The second-order valence-electron chi connectivity index (χ2n) is 4.31. The van der Waals surface area contributed by atoms with Crippen LogP contribution in [0.15, 0.2) is 40.0 Å². The lowest BCUT2D eigenvalue weighted by atomic mass is 10.2. The van der Waals surface area contributed by atoms with Crippen molar-refractivity contribution in [3.8, 4) is 11.5 Å². The molecule has 0 unspecified atom stereocenters. The van der Waals surface area contributed by atoms with Gasteiger partial charge in [0.2, 0.25) is 0 Å².